The molecule has 0 aromatic carbocycles. The van der Waals surface area contributed by atoms with E-state index in [2.05, 4.69) is 0 Å². The van der Waals surface area contributed by atoms with Gasteiger partial charge in [0.15, 0.2) is 6.80 Å². The molecule has 0 radical (unpaired) electrons. The monoisotopic (exact) mass is 355 g/mol. The number of halogens is 13. The van der Waals surface area contributed by atoms with Gasteiger partial charge in [-0.15, -0.1) is 20.4 Å². The number of nitrogens with zero attached hydrogens (tertiary/aromatic N) is 1. The van der Waals surface area contributed by atoms with Gasteiger partial charge in [0.1, 0.15) is 0 Å². The number of hydrogen-bond donors (Lipinski definition) is 0. The van der Waals surface area contributed by atoms with E-state index in [0.717, 1.165) is 0 Å². The van der Waals surface area contributed by atoms with Crippen LogP contribution in [0.25, 0.3) is 0 Å². The van der Waals surface area contributed by atoms with Gasteiger partial charge in [-0.2, -0.15) is 35.1 Å². The van der Waals surface area contributed by atoms with Crippen molar-refractivity contribution in [3.63, 3.8) is 0 Å². The maximum absolute atomic E-state index is 12.7. The van der Waals surface area contributed by atoms with Crippen molar-refractivity contribution < 1.29 is 55.1 Å². The van der Waals surface area contributed by atoms with E-state index in [1.54, 1.807) is 0 Å². The maximum Gasteiger partial charge on any atom is 0.436 e. The summed E-state index contributed by atoms with van der Waals surface area (Å²) in [5.74, 6) is 0. The highest BCUT2D eigenvalue weighted by Crippen LogP contribution is 3.12. The van der Waals surface area contributed by atoms with Crippen LogP contribution in [0.2, 0.25) is 0 Å². The van der Waals surface area contributed by atoms with Crippen molar-refractivity contribution in [3.05, 3.63) is 0 Å². The van der Waals surface area contributed by atoms with Gasteiger partial charge in [-0.1, -0.05) is 0 Å². The summed E-state index contributed by atoms with van der Waals surface area (Å²) in [6.07, 6.45) is 0. The molecule has 1 heterocycles. The second-order valence-electron chi connectivity index (χ2n) is 3.73. The van der Waals surface area contributed by atoms with E-state index in [1.165, 1.54) is 0 Å². The van der Waals surface area contributed by atoms with E-state index in [0.29, 0.717) is 0 Å². The molecule has 1 aliphatic rings. The molecule has 0 aromatic rings. The first-order valence-electron chi connectivity index (χ1n) is 4.07. The molecule has 15 heteroatoms. The minimum absolute atomic E-state index is 3.04. The first-order valence-corrected chi connectivity index (χ1v) is 6.12. The summed E-state index contributed by atoms with van der Waals surface area (Å²) in [5, 5.41) is -16.4. The largest absolute Gasteiger partial charge is 0.436 e. The molecule has 0 unspecified atom stereocenters. The molecule has 0 aromatic heterocycles. The second-order valence-corrected chi connectivity index (χ2v) is 6.90. The fourth-order valence-electron chi connectivity index (χ4n) is 1.30. The first-order chi connectivity index (χ1) is 8.23. The molecule has 0 atom stereocenters. The first kappa shape index (κ1) is 17.5. The van der Waals surface area contributed by atoms with Gasteiger partial charge in [0.2, 0.25) is 0 Å². The van der Waals surface area contributed by atoms with Crippen LogP contribution in [0, 0.1) is 0 Å². The summed E-state index contributed by atoms with van der Waals surface area (Å²) in [6.45, 7) is -3.51. The van der Waals surface area contributed by atoms with E-state index in [-0.39, 0.29) is 0 Å². The molecule has 20 heavy (non-hydrogen) atoms. The molecule has 1 nitrogen and oxygen atoms in total. The Balaban J connectivity index is 3.95. The zero-order valence-electron chi connectivity index (χ0n) is 8.48. The van der Waals surface area contributed by atoms with E-state index in [4.69, 9.17) is 0 Å². The van der Waals surface area contributed by atoms with Crippen LogP contribution < -0.4 is 0 Å². The van der Waals surface area contributed by atoms with Crippen molar-refractivity contribution in [1.82, 2.24) is 4.90 Å². The Bertz CT molecular complexity index is 412. The molecule has 0 aliphatic carbocycles. The lowest BCUT2D eigenvalue weighted by Gasteiger charge is -2.64. The zero-order valence-corrected chi connectivity index (χ0v) is 9.29. The van der Waals surface area contributed by atoms with Crippen molar-refractivity contribution in [2.45, 2.75) is 22.6 Å². The summed E-state index contributed by atoms with van der Waals surface area (Å²) >= 11 is 0. The molecule has 0 amide bonds. The van der Waals surface area contributed by atoms with Crippen molar-refractivity contribution in [1.29, 1.82) is 0 Å². The SMILES string of the molecule is FCN1C(F)(F)C(F)(F)S(F)(F)(F)(F)C(F)(F)C1(F)F. The molecular formula is C5H2F13NS. The van der Waals surface area contributed by atoms with E-state index < -0.39 is 44.1 Å². The average Bonchev–Trinajstić information content (AvgIpc) is 2.13. The van der Waals surface area contributed by atoms with Crippen LogP contribution in [0.15, 0.2) is 0 Å². The number of hydrogen-bond acceptors (Lipinski definition) is 1. The van der Waals surface area contributed by atoms with Crippen molar-refractivity contribution >= 4 is 9.84 Å². The van der Waals surface area contributed by atoms with Crippen LogP contribution in [0.5, 0.6) is 0 Å². The molecule has 0 bridgehead atoms. The van der Waals surface area contributed by atoms with E-state index in [9.17, 15) is 55.1 Å². The second kappa shape index (κ2) is 3.10. The van der Waals surface area contributed by atoms with Crippen LogP contribution in [-0.4, -0.2) is 34.3 Å². The standard InChI is InChI=1S/C5H2F13NS/c6-1-19-2(7,8)4(11,12)20(15,16,17,18)5(13,14)3(19,9)10/h1H2. The molecule has 124 valence electrons. The number of alkyl halides is 9. The van der Waals surface area contributed by atoms with Gasteiger partial charge in [-0.25, -0.2) is 4.39 Å². The highest BCUT2D eigenvalue weighted by Gasteiger charge is 3.09. The summed E-state index contributed by atoms with van der Waals surface area (Å²) in [5.41, 5.74) is 0. The van der Waals surface area contributed by atoms with Crippen LogP contribution >= 0.6 is 9.84 Å². The topological polar surface area (TPSA) is 3.24 Å². The molecular weight excluding hydrogens is 353 g/mol. The Morgan fingerprint density at radius 1 is 0.650 bits per heavy atom. The lowest BCUT2D eigenvalue weighted by molar-refractivity contribution is -0.394. The Hall–Kier alpha value is -0.600. The number of rotatable bonds is 1. The molecule has 1 fully saturated rings. The Morgan fingerprint density at radius 2 is 0.900 bits per heavy atom. The average molecular weight is 355 g/mol. The quantitative estimate of drug-likeness (QED) is 0.472. The van der Waals surface area contributed by atoms with Gasteiger partial charge in [0, 0.05) is 0 Å². The third kappa shape index (κ3) is 1.24. The third-order valence-corrected chi connectivity index (χ3v) is 5.08. The normalized spacial score (nSPS) is 38.9. The van der Waals surface area contributed by atoms with Crippen LogP contribution in [0.1, 0.15) is 0 Å². The Morgan fingerprint density at radius 3 is 1.10 bits per heavy atom. The van der Waals surface area contributed by atoms with E-state index >= 15 is 0 Å². The smallest absolute Gasteiger partial charge is 0.233 e. The van der Waals surface area contributed by atoms with Crippen LogP contribution in [-0.2, 0) is 0 Å². The Kier molecular flexibility index (Phi) is 2.70. The minimum Gasteiger partial charge on any atom is -0.233 e. The van der Waals surface area contributed by atoms with Crippen molar-refractivity contribution in [3.8, 4) is 0 Å². The predicted octanol–water partition coefficient (Wildman–Crippen LogP) is 5.01. The third-order valence-electron chi connectivity index (χ3n) is 2.53. The van der Waals surface area contributed by atoms with Crippen LogP contribution in [0.3, 0.4) is 0 Å². The van der Waals surface area contributed by atoms with Crippen molar-refractivity contribution in [2.75, 3.05) is 6.80 Å². The maximum atomic E-state index is 12.7. The highest BCUT2D eigenvalue weighted by atomic mass is 32.5. The van der Waals surface area contributed by atoms with Gasteiger partial charge >= 0.3 is 22.6 Å². The van der Waals surface area contributed by atoms with Crippen molar-refractivity contribution in [2.24, 2.45) is 0 Å². The summed E-state index contributed by atoms with van der Waals surface area (Å²) in [7, 11) is -12.7. The predicted molar refractivity (Wildman–Crippen MR) is 39.6 cm³/mol. The van der Waals surface area contributed by atoms with Crippen LogP contribution in [0.4, 0.5) is 55.1 Å². The highest BCUT2D eigenvalue weighted by molar-refractivity contribution is 8.51. The summed E-state index contributed by atoms with van der Waals surface area (Å²) in [6, 6.07) is -14.5. The molecule has 0 saturated carbocycles. The fourth-order valence-corrected chi connectivity index (χ4v) is 2.83. The van der Waals surface area contributed by atoms with E-state index in [1.807, 2.05) is 0 Å². The molecule has 1 aliphatic heterocycles. The van der Waals surface area contributed by atoms with Gasteiger partial charge < -0.3 is 0 Å². The molecule has 1 saturated heterocycles. The molecule has 0 N–H and O–H groups in total. The lowest BCUT2D eigenvalue weighted by Crippen LogP contribution is -2.78. The summed E-state index contributed by atoms with van der Waals surface area (Å²) in [4.78, 5) is -3.04. The van der Waals surface area contributed by atoms with Gasteiger partial charge in [-0.3, -0.25) is 0 Å². The Labute approximate surface area is 100 Å². The van der Waals surface area contributed by atoms with Gasteiger partial charge in [0.25, 0.3) is 9.84 Å². The minimum atomic E-state index is -12.7. The van der Waals surface area contributed by atoms with Gasteiger partial charge in [-0.05, 0) is 0 Å². The molecule has 1 rings (SSSR count). The zero-order chi connectivity index (χ0) is 16.7. The fraction of sp³-hybridized carbons (Fsp3) is 1.00. The molecule has 0 spiro atoms. The summed E-state index contributed by atoms with van der Waals surface area (Å²) < 4.78 is 163. The van der Waals surface area contributed by atoms with Gasteiger partial charge in [0.05, 0.1) is 0 Å². The lowest BCUT2D eigenvalue weighted by atomic mass is 10.4.